The predicted molar refractivity (Wildman–Crippen MR) is 76.0 cm³/mol. The highest BCUT2D eigenvalue weighted by Crippen LogP contribution is 2.23. The van der Waals surface area contributed by atoms with Gasteiger partial charge in [-0.15, -0.1) is 0 Å². The van der Waals surface area contributed by atoms with Crippen molar-refractivity contribution in [1.29, 1.82) is 0 Å². The fourth-order valence-electron chi connectivity index (χ4n) is 2.66. The third kappa shape index (κ3) is 3.07. The molecule has 4 nitrogen and oxygen atoms in total. The Kier molecular flexibility index (Phi) is 4.43. The minimum absolute atomic E-state index is 0.0323. The molecule has 1 atom stereocenters. The van der Waals surface area contributed by atoms with E-state index in [1.807, 2.05) is 24.0 Å². The van der Waals surface area contributed by atoms with Gasteiger partial charge in [0.25, 0.3) is 5.91 Å². The molecule has 2 rings (SSSR count). The van der Waals surface area contributed by atoms with E-state index >= 15 is 0 Å². The van der Waals surface area contributed by atoms with Gasteiger partial charge in [-0.2, -0.15) is 0 Å². The highest BCUT2D eigenvalue weighted by atomic mass is 16.3. The first-order chi connectivity index (χ1) is 9.13. The lowest BCUT2D eigenvalue weighted by atomic mass is 9.98. The zero-order valence-electron chi connectivity index (χ0n) is 11.4. The number of piperidine rings is 1. The van der Waals surface area contributed by atoms with Gasteiger partial charge >= 0.3 is 0 Å². The lowest BCUT2D eigenvalue weighted by Crippen LogP contribution is -2.44. The molecule has 1 aliphatic heterocycles. The minimum atomic E-state index is 0.0323. The van der Waals surface area contributed by atoms with Crippen LogP contribution in [0.3, 0.4) is 0 Å². The van der Waals surface area contributed by atoms with Crippen LogP contribution in [-0.4, -0.2) is 35.1 Å². The summed E-state index contributed by atoms with van der Waals surface area (Å²) in [5.74, 6) is 0.0323. The monoisotopic (exact) mass is 262 g/mol. The van der Waals surface area contributed by atoms with Crippen LogP contribution in [0.25, 0.3) is 0 Å². The second kappa shape index (κ2) is 6.06. The number of nitrogens with two attached hydrogens (primary N) is 1. The van der Waals surface area contributed by atoms with E-state index in [0.29, 0.717) is 17.7 Å². The van der Waals surface area contributed by atoms with Gasteiger partial charge in [0.1, 0.15) is 0 Å². The van der Waals surface area contributed by atoms with E-state index in [9.17, 15) is 4.79 Å². The zero-order chi connectivity index (χ0) is 13.8. The molecule has 3 N–H and O–H groups in total. The Morgan fingerprint density at radius 1 is 1.47 bits per heavy atom. The fraction of sp³-hybridized carbons (Fsp3) is 0.533. The van der Waals surface area contributed by atoms with Crippen molar-refractivity contribution in [3.05, 3.63) is 29.3 Å². The van der Waals surface area contributed by atoms with Crippen molar-refractivity contribution in [3.8, 4) is 0 Å². The number of hydrogen-bond acceptors (Lipinski definition) is 3. The number of benzene rings is 1. The summed E-state index contributed by atoms with van der Waals surface area (Å²) in [5.41, 5.74) is 8.16. The Morgan fingerprint density at radius 2 is 2.26 bits per heavy atom. The summed E-state index contributed by atoms with van der Waals surface area (Å²) in [5, 5.41) is 9.11. The third-order valence-corrected chi connectivity index (χ3v) is 3.88. The number of aryl methyl sites for hydroxylation is 1. The molecule has 0 saturated carbocycles. The second-order valence-electron chi connectivity index (χ2n) is 5.23. The molecule has 1 aromatic rings. The van der Waals surface area contributed by atoms with Gasteiger partial charge in [0.05, 0.1) is 0 Å². The number of rotatable bonds is 3. The van der Waals surface area contributed by atoms with Crippen LogP contribution in [0.5, 0.6) is 0 Å². The molecule has 104 valence electrons. The Labute approximate surface area is 114 Å². The standard InChI is InChI=1S/C15H22N2O2/c1-11-5-6-12(10-14(11)16)15(19)17-8-3-2-4-13(17)7-9-18/h5-6,10,13,18H,2-4,7-9,16H2,1H3. The van der Waals surface area contributed by atoms with Crippen molar-refractivity contribution in [2.24, 2.45) is 0 Å². The van der Waals surface area contributed by atoms with Crippen LogP contribution in [0.15, 0.2) is 18.2 Å². The van der Waals surface area contributed by atoms with Crippen molar-refractivity contribution < 1.29 is 9.90 Å². The van der Waals surface area contributed by atoms with E-state index in [4.69, 9.17) is 10.8 Å². The first-order valence-electron chi connectivity index (χ1n) is 6.91. The predicted octanol–water partition coefficient (Wildman–Crippen LogP) is 1.95. The summed E-state index contributed by atoms with van der Waals surface area (Å²) in [6, 6.07) is 5.63. The summed E-state index contributed by atoms with van der Waals surface area (Å²) >= 11 is 0. The topological polar surface area (TPSA) is 66.6 Å². The number of likely N-dealkylation sites (tertiary alicyclic amines) is 1. The molecule has 4 heteroatoms. The van der Waals surface area contributed by atoms with Crippen LogP contribution in [0.4, 0.5) is 5.69 Å². The smallest absolute Gasteiger partial charge is 0.254 e. The van der Waals surface area contributed by atoms with E-state index in [-0.39, 0.29) is 18.6 Å². The Balaban J connectivity index is 2.18. The van der Waals surface area contributed by atoms with Crippen molar-refractivity contribution in [3.63, 3.8) is 0 Å². The number of aliphatic hydroxyl groups excluding tert-OH is 1. The quantitative estimate of drug-likeness (QED) is 0.818. The lowest BCUT2D eigenvalue weighted by Gasteiger charge is -2.35. The Morgan fingerprint density at radius 3 is 2.95 bits per heavy atom. The van der Waals surface area contributed by atoms with Crippen molar-refractivity contribution in [2.75, 3.05) is 18.9 Å². The number of carbonyl (C=O) groups is 1. The van der Waals surface area contributed by atoms with Crippen molar-refractivity contribution in [1.82, 2.24) is 4.90 Å². The van der Waals surface area contributed by atoms with Gasteiger partial charge in [-0.1, -0.05) is 6.07 Å². The Hall–Kier alpha value is -1.55. The van der Waals surface area contributed by atoms with Crippen LogP contribution >= 0.6 is 0 Å². The highest BCUT2D eigenvalue weighted by molar-refractivity contribution is 5.95. The highest BCUT2D eigenvalue weighted by Gasteiger charge is 2.27. The maximum Gasteiger partial charge on any atom is 0.254 e. The molecule has 1 saturated heterocycles. The van der Waals surface area contributed by atoms with Crippen LogP contribution in [0, 0.1) is 6.92 Å². The molecule has 1 fully saturated rings. The van der Waals surface area contributed by atoms with Gasteiger partial charge in [0, 0.05) is 30.4 Å². The average Bonchev–Trinajstić information content (AvgIpc) is 2.42. The second-order valence-corrected chi connectivity index (χ2v) is 5.23. The maximum absolute atomic E-state index is 12.5. The largest absolute Gasteiger partial charge is 0.398 e. The van der Waals surface area contributed by atoms with Crippen LogP contribution < -0.4 is 5.73 Å². The van der Waals surface area contributed by atoms with Crippen molar-refractivity contribution >= 4 is 11.6 Å². The van der Waals surface area contributed by atoms with Crippen LogP contribution in [-0.2, 0) is 0 Å². The number of nitrogen functional groups attached to an aromatic ring is 1. The first kappa shape index (κ1) is 13.9. The molecule has 1 amide bonds. The molecule has 0 radical (unpaired) electrons. The van der Waals surface area contributed by atoms with Gasteiger partial charge in [0.2, 0.25) is 0 Å². The van der Waals surface area contributed by atoms with E-state index in [0.717, 1.165) is 31.4 Å². The van der Waals surface area contributed by atoms with Gasteiger partial charge in [-0.25, -0.2) is 0 Å². The van der Waals surface area contributed by atoms with E-state index in [2.05, 4.69) is 0 Å². The number of carbonyl (C=O) groups excluding carboxylic acids is 1. The summed E-state index contributed by atoms with van der Waals surface area (Å²) in [6.45, 7) is 2.83. The van der Waals surface area contributed by atoms with Crippen LogP contribution in [0.1, 0.15) is 41.6 Å². The molecule has 1 unspecified atom stereocenters. The summed E-state index contributed by atoms with van der Waals surface area (Å²) < 4.78 is 0. The summed E-state index contributed by atoms with van der Waals surface area (Å²) in [4.78, 5) is 14.4. The number of aliphatic hydroxyl groups is 1. The van der Waals surface area contributed by atoms with Gasteiger partial charge in [0.15, 0.2) is 0 Å². The summed E-state index contributed by atoms with van der Waals surface area (Å²) in [7, 11) is 0. The third-order valence-electron chi connectivity index (χ3n) is 3.88. The minimum Gasteiger partial charge on any atom is -0.398 e. The van der Waals surface area contributed by atoms with Crippen LogP contribution in [0.2, 0.25) is 0 Å². The molecule has 0 aromatic heterocycles. The molecular formula is C15H22N2O2. The number of anilines is 1. The molecule has 19 heavy (non-hydrogen) atoms. The zero-order valence-corrected chi connectivity index (χ0v) is 11.4. The van der Waals surface area contributed by atoms with E-state index < -0.39 is 0 Å². The van der Waals surface area contributed by atoms with Crippen molar-refractivity contribution in [2.45, 2.75) is 38.6 Å². The van der Waals surface area contributed by atoms with Gasteiger partial charge in [-0.05, 0) is 50.3 Å². The molecule has 1 heterocycles. The first-order valence-corrected chi connectivity index (χ1v) is 6.91. The molecule has 1 aromatic carbocycles. The number of amides is 1. The van der Waals surface area contributed by atoms with E-state index in [1.54, 1.807) is 6.07 Å². The lowest BCUT2D eigenvalue weighted by molar-refractivity contribution is 0.0574. The Bertz CT molecular complexity index is 457. The fourth-order valence-corrected chi connectivity index (χ4v) is 2.66. The molecular weight excluding hydrogens is 240 g/mol. The summed E-state index contributed by atoms with van der Waals surface area (Å²) in [6.07, 6.45) is 3.81. The van der Waals surface area contributed by atoms with E-state index in [1.165, 1.54) is 0 Å². The van der Waals surface area contributed by atoms with Gasteiger partial charge in [-0.3, -0.25) is 4.79 Å². The van der Waals surface area contributed by atoms with Gasteiger partial charge < -0.3 is 15.7 Å². The molecule has 0 bridgehead atoms. The number of nitrogens with zero attached hydrogens (tertiary/aromatic N) is 1. The molecule has 1 aliphatic rings. The normalized spacial score (nSPS) is 19.5. The SMILES string of the molecule is Cc1ccc(C(=O)N2CCCCC2CCO)cc1N. The number of hydrogen-bond donors (Lipinski definition) is 2. The molecule has 0 spiro atoms. The average molecular weight is 262 g/mol. The maximum atomic E-state index is 12.5. The molecule has 0 aliphatic carbocycles.